The van der Waals surface area contributed by atoms with E-state index in [1.165, 1.54) is 0 Å². The lowest BCUT2D eigenvalue weighted by Crippen LogP contribution is -2.51. The quantitative estimate of drug-likeness (QED) is 0.258. The van der Waals surface area contributed by atoms with Gasteiger partial charge in [0.15, 0.2) is 6.61 Å². The first kappa shape index (κ1) is 27.8. The van der Waals surface area contributed by atoms with Crippen LogP contribution in [0.2, 0.25) is 5.02 Å². The summed E-state index contributed by atoms with van der Waals surface area (Å²) >= 11 is 9.70. The van der Waals surface area contributed by atoms with E-state index in [-0.39, 0.29) is 25.0 Å². The lowest BCUT2D eigenvalue weighted by molar-refractivity contribution is -0.142. The van der Waals surface area contributed by atoms with Crippen molar-refractivity contribution in [3.05, 3.63) is 99.0 Å². The molecule has 0 fully saturated rings. The van der Waals surface area contributed by atoms with E-state index in [0.717, 1.165) is 34.0 Å². The predicted molar refractivity (Wildman–Crippen MR) is 148 cm³/mol. The molecule has 2 amide bonds. The number of ether oxygens (including phenoxy) is 1. The van der Waals surface area contributed by atoms with Crippen molar-refractivity contribution in [2.75, 3.05) is 13.2 Å². The van der Waals surface area contributed by atoms with Gasteiger partial charge in [-0.25, -0.2) is 0 Å². The van der Waals surface area contributed by atoms with E-state index in [0.29, 0.717) is 23.7 Å². The monoisotopic (exact) mass is 570 g/mol. The summed E-state index contributed by atoms with van der Waals surface area (Å²) in [6.45, 7) is 4.65. The predicted octanol–water partition coefficient (Wildman–Crippen LogP) is 6.35. The first-order valence-corrected chi connectivity index (χ1v) is 13.3. The summed E-state index contributed by atoms with van der Waals surface area (Å²) in [5.41, 5.74) is 2.82. The zero-order valence-electron chi connectivity index (χ0n) is 20.7. The Morgan fingerprint density at radius 3 is 2.47 bits per heavy atom. The fourth-order valence-electron chi connectivity index (χ4n) is 3.83. The maximum atomic E-state index is 13.6. The van der Waals surface area contributed by atoms with E-state index >= 15 is 0 Å². The van der Waals surface area contributed by atoms with Crippen molar-refractivity contribution in [2.24, 2.45) is 0 Å². The van der Waals surface area contributed by atoms with Crippen LogP contribution in [0.15, 0.2) is 77.3 Å². The molecule has 0 saturated carbocycles. The lowest BCUT2D eigenvalue weighted by atomic mass is 10.0. The molecule has 190 valence electrons. The third-order valence-corrected chi connectivity index (χ3v) is 6.96. The third-order valence-electron chi connectivity index (χ3n) is 5.83. The number of unbranched alkanes of at least 4 members (excludes halogenated alkanes) is 1. The van der Waals surface area contributed by atoms with E-state index in [1.54, 1.807) is 11.0 Å². The maximum Gasteiger partial charge on any atom is 0.261 e. The van der Waals surface area contributed by atoms with Crippen molar-refractivity contribution in [2.45, 2.75) is 45.7 Å². The molecule has 3 rings (SSSR count). The SMILES string of the molecule is CCCCNC(=O)C(Cc1ccccc1)N(Cc1cccc(Cl)c1)C(=O)COc1ccc(Br)c(C)c1. The molecule has 0 radical (unpaired) electrons. The standard InChI is InChI=1S/C29H32BrClN2O3/c1-3-4-15-32-29(35)27(18-22-9-6-5-7-10-22)33(19-23-11-8-12-24(31)17-23)28(34)20-36-25-13-14-26(30)21(2)16-25/h5-14,16-17,27H,3-4,15,18-20H2,1-2H3,(H,32,35). The first-order valence-electron chi connectivity index (χ1n) is 12.1. The van der Waals surface area contributed by atoms with Crippen LogP contribution in [0.3, 0.4) is 0 Å². The van der Waals surface area contributed by atoms with Crippen LogP contribution in [0.5, 0.6) is 5.75 Å². The summed E-state index contributed by atoms with van der Waals surface area (Å²) < 4.78 is 6.82. The molecule has 0 aliphatic rings. The molecule has 3 aromatic carbocycles. The molecule has 0 aliphatic carbocycles. The highest BCUT2D eigenvalue weighted by Crippen LogP contribution is 2.22. The van der Waals surface area contributed by atoms with Crippen LogP contribution in [0.4, 0.5) is 0 Å². The van der Waals surface area contributed by atoms with E-state index < -0.39 is 6.04 Å². The second-order valence-corrected chi connectivity index (χ2v) is 9.99. The van der Waals surface area contributed by atoms with Gasteiger partial charge in [0.1, 0.15) is 11.8 Å². The van der Waals surface area contributed by atoms with Crippen molar-refractivity contribution in [3.8, 4) is 5.75 Å². The number of halogens is 2. The molecule has 0 heterocycles. The summed E-state index contributed by atoms with van der Waals surface area (Å²) in [6.07, 6.45) is 2.23. The fourth-order valence-corrected chi connectivity index (χ4v) is 4.29. The van der Waals surface area contributed by atoms with Crippen LogP contribution in [0, 0.1) is 6.92 Å². The van der Waals surface area contributed by atoms with Crippen LogP contribution >= 0.6 is 27.5 Å². The van der Waals surface area contributed by atoms with E-state index in [9.17, 15) is 9.59 Å². The van der Waals surface area contributed by atoms with Gasteiger partial charge in [0, 0.05) is 29.0 Å². The highest BCUT2D eigenvalue weighted by atomic mass is 79.9. The number of hydrogen-bond acceptors (Lipinski definition) is 3. The Hall–Kier alpha value is -2.83. The number of hydrogen-bond donors (Lipinski definition) is 1. The van der Waals surface area contributed by atoms with Crippen molar-refractivity contribution in [1.29, 1.82) is 0 Å². The second-order valence-electron chi connectivity index (χ2n) is 8.70. The van der Waals surface area contributed by atoms with Gasteiger partial charge in [0.2, 0.25) is 5.91 Å². The van der Waals surface area contributed by atoms with Gasteiger partial charge < -0.3 is 15.0 Å². The molecular formula is C29H32BrClN2O3. The van der Waals surface area contributed by atoms with Gasteiger partial charge in [0.05, 0.1) is 0 Å². The Kier molecular flexibility index (Phi) is 10.8. The smallest absolute Gasteiger partial charge is 0.261 e. The fraction of sp³-hybridized carbons (Fsp3) is 0.310. The molecule has 0 saturated heterocycles. The Bertz CT molecular complexity index is 1160. The third kappa shape index (κ3) is 8.38. The van der Waals surface area contributed by atoms with Gasteiger partial charge in [-0.1, -0.05) is 83.3 Å². The number of aryl methyl sites for hydroxylation is 1. The van der Waals surface area contributed by atoms with Crippen LogP contribution in [-0.2, 0) is 22.6 Å². The molecule has 0 spiro atoms. The number of nitrogens with zero attached hydrogens (tertiary/aromatic N) is 1. The van der Waals surface area contributed by atoms with Crippen molar-refractivity contribution in [3.63, 3.8) is 0 Å². The number of benzene rings is 3. The summed E-state index contributed by atoms with van der Waals surface area (Å²) in [4.78, 5) is 28.6. The first-order chi connectivity index (χ1) is 17.4. The van der Waals surface area contributed by atoms with Gasteiger partial charge in [-0.3, -0.25) is 9.59 Å². The molecule has 1 atom stereocenters. The molecular weight excluding hydrogens is 540 g/mol. The van der Waals surface area contributed by atoms with Crippen molar-refractivity contribution >= 4 is 39.3 Å². The molecule has 5 nitrogen and oxygen atoms in total. The topological polar surface area (TPSA) is 58.6 Å². The number of rotatable bonds is 12. The van der Waals surface area contributed by atoms with Gasteiger partial charge in [-0.15, -0.1) is 0 Å². The minimum atomic E-state index is -0.703. The lowest BCUT2D eigenvalue weighted by Gasteiger charge is -2.31. The average molecular weight is 572 g/mol. The molecule has 7 heteroatoms. The molecule has 0 bridgehead atoms. The van der Waals surface area contributed by atoms with Crippen LogP contribution in [0.25, 0.3) is 0 Å². The number of carbonyl (C=O) groups excluding carboxylic acids is 2. The Balaban J connectivity index is 1.89. The summed E-state index contributed by atoms with van der Waals surface area (Å²) in [6, 6.07) is 22.0. The number of amides is 2. The average Bonchev–Trinajstić information content (AvgIpc) is 2.87. The summed E-state index contributed by atoms with van der Waals surface area (Å²) in [5.74, 6) is 0.142. The Morgan fingerprint density at radius 2 is 1.78 bits per heavy atom. The molecule has 1 unspecified atom stereocenters. The van der Waals surface area contributed by atoms with Crippen LogP contribution in [0.1, 0.15) is 36.5 Å². The van der Waals surface area contributed by atoms with E-state index in [4.69, 9.17) is 16.3 Å². The van der Waals surface area contributed by atoms with E-state index in [1.807, 2.05) is 73.7 Å². The zero-order valence-corrected chi connectivity index (χ0v) is 23.0. The van der Waals surface area contributed by atoms with Gasteiger partial charge >= 0.3 is 0 Å². The van der Waals surface area contributed by atoms with Crippen LogP contribution < -0.4 is 10.1 Å². The number of nitrogens with one attached hydrogen (secondary N) is 1. The van der Waals surface area contributed by atoms with Crippen LogP contribution in [-0.4, -0.2) is 35.9 Å². The maximum absolute atomic E-state index is 13.6. The van der Waals surface area contributed by atoms with Gasteiger partial charge in [-0.05, 0) is 60.4 Å². The Morgan fingerprint density at radius 1 is 1.03 bits per heavy atom. The highest BCUT2D eigenvalue weighted by molar-refractivity contribution is 9.10. The molecule has 3 aromatic rings. The van der Waals surface area contributed by atoms with Gasteiger partial charge in [0.25, 0.3) is 5.91 Å². The van der Waals surface area contributed by atoms with Crippen molar-refractivity contribution < 1.29 is 14.3 Å². The largest absolute Gasteiger partial charge is 0.484 e. The minimum absolute atomic E-state index is 0.179. The van der Waals surface area contributed by atoms with Gasteiger partial charge in [-0.2, -0.15) is 0 Å². The normalized spacial score (nSPS) is 11.6. The number of carbonyl (C=O) groups is 2. The molecule has 0 aromatic heterocycles. The second kappa shape index (κ2) is 14.0. The Labute approximate surface area is 226 Å². The van der Waals surface area contributed by atoms with E-state index in [2.05, 4.69) is 28.2 Å². The highest BCUT2D eigenvalue weighted by Gasteiger charge is 2.30. The molecule has 36 heavy (non-hydrogen) atoms. The minimum Gasteiger partial charge on any atom is -0.484 e. The molecule has 0 aliphatic heterocycles. The molecule has 1 N–H and O–H groups in total. The summed E-state index contributed by atoms with van der Waals surface area (Å²) in [7, 11) is 0. The van der Waals surface area contributed by atoms with Crippen molar-refractivity contribution in [1.82, 2.24) is 10.2 Å². The summed E-state index contributed by atoms with van der Waals surface area (Å²) in [5, 5.41) is 3.60. The zero-order chi connectivity index (χ0) is 25.9.